The second kappa shape index (κ2) is 5.58. The molecule has 0 spiro atoms. The molecule has 2 nitrogen and oxygen atoms in total. The molecule has 21 heavy (non-hydrogen) atoms. The molecule has 3 rings (SSSR count). The fourth-order valence-electron chi connectivity index (χ4n) is 2.54. The maximum atomic E-state index is 13.2. The van der Waals surface area contributed by atoms with Gasteiger partial charge in [-0.1, -0.05) is 18.2 Å². The number of hydrogen-bond donors (Lipinski definition) is 1. The predicted molar refractivity (Wildman–Crippen MR) is 78.7 cm³/mol. The highest BCUT2D eigenvalue weighted by molar-refractivity contribution is 5.82. The van der Waals surface area contributed by atoms with Gasteiger partial charge in [0.2, 0.25) is 0 Å². The van der Waals surface area contributed by atoms with Gasteiger partial charge in [-0.3, -0.25) is 4.98 Å². The van der Waals surface area contributed by atoms with Gasteiger partial charge in [0.1, 0.15) is 11.6 Å². The van der Waals surface area contributed by atoms with Crippen LogP contribution in [0.15, 0.2) is 54.7 Å². The van der Waals surface area contributed by atoms with Crippen LogP contribution in [0.5, 0.6) is 0 Å². The molecule has 2 N–H and O–H groups in total. The summed E-state index contributed by atoms with van der Waals surface area (Å²) < 4.78 is 26.5. The van der Waals surface area contributed by atoms with E-state index in [0.29, 0.717) is 12.0 Å². The Kier molecular flexibility index (Phi) is 3.62. The molecule has 0 amide bonds. The van der Waals surface area contributed by atoms with Crippen LogP contribution in [0.2, 0.25) is 0 Å². The maximum absolute atomic E-state index is 13.2. The van der Waals surface area contributed by atoms with Gasteiger partial charge >= 0.3 is 0 Å². The summed E-state index contributed by atoms with van der Waals surface area (Å²) in [5.41, 5.74) is 8.54. The number of halogens is 2. The second-order valence-electron chi connectivity index (χ2n) is 5.01. The van der Waals surface area contributed by atoms with Crippen molar-refractivity contribution in [2.75, 3.05) is 0 Å². The summed E-state index contributed by atoms with van der Waals surface area (Å²) >= 11 is 0. The number of pyridine rings is 1. The molecule has 1 aromatic heterocycles. The van der Waals surface area contributed by atoms with E-state index < -0.39 is 11.6 Å². The summed E-state index contributed by atoms with van der Waals surface area (Å²) in [4.78, 5) is 4.28. The van der Waals surface area contributed by atoms with Gasteiger partial charge in [0.25, 0.3) is 0 Å². The van der Waals surface area contributed by atoms with Crippen LogP contribution in [0.3, 0.4) is 0 Å². The molecule has 106 valence electrons. The van der Waals surface area contributed by atoms with Crippen molar-refractivity contribution in [1.82, 2.24) is 4.98 Å². The minimum Gasteiger partial charge on any atom is -0.324 e. The molecule has 0 aliphatic heterocycles. The van der Waals surface area contributed by atoms with Crippen LogP contribution < -0.4 is 5.73 Å². The molecule has 1 atom stereocenters. The quantitative estimate of drug-likeness (QED) is 0.795. The Hall–Kier alpha value is -2.33. The van der Waals surface area contributed by atoms with E-state index in [2.05, 4.69) is 4.98 Å². The number of aromatic nitrogens is 1. The molecule has 0 saturated carbocycles. The molecule has 0 radical (unpaired) electrons. The van der Waals surface area contributed by atoms with Crippen LogP contribution >= 0.6 is 0 Å². The number of rotatable bonds is 3. The molecular weight excluding hydrogens is 270 g/mol. The molecule has 0 saturated heterocycles. The number of fused-ring (bicyclic) bond motifs is 1. The molecule has 2 aromatic carbocycles. The summed E-state index contributed by atoms with van der Waals surface area (Å²) in [5.74, 6) is -1.17. The zero-order valence-corrected chi connectivity index (χ0v) is 11.3. The topological polar surface area (TPSA) is 38.9 Å². The van der Waals surface area contributed by atoms with E-state index in [0.717, 1.165) is 22.5 Å². The number of hydrogen-bond acceptors (Lipinski definition) is 2. The lowest BCUT2D eigenvalue weighted by Crippen LogP contribution is -2.14. The molecule has 0 aliphatic carbocycles. The normalized spacial score (nSPS) is 12.5. The molecule has 0 aliphatic rings. The number of nitrogens with two attached hydrogens (primary N) is 1. The third kappa shape index (κ3) is 2.90. The third-order valence-corrected chi connectivity index (χ3v) is 3.46. The smallest absolute Gasteiger partial charge is 0.126 e. The number of nitrogens with zero attached hydrogens (tertiary/aromatic N) is 1. The van der Waals surface area contributed by atoms with Gasteiger partial charge in [0, 0.05) is 23.7 Å². The van der Waals surface area contributed by atoms with Gasteiger partial charge in [-0.2, -0.15) is 0 Å². The van der Waals surface area contributed by atoms with Gasteiger partial charge in [-0.25, -0.2) is 8.78 Å². The van der Waals surface area contributed by atoms with Crippen LogP contribution in [0.4, 0.5) is 8.78 Å². The standard InChI is InChI=1S/C17H14F2N2/c18-12-7-11(8-13(19)10-12)9-16(20)14-3-1-5-17-15(14)4-2-6-21-17/h1-8,10,16H,9,20H2. The summed E-state index contributed by atoms with van der Waals surface area (Å²) in [6.45, 7) is 0. The highest BCUT2D eigenvalue weighted by Crippen LogP contribution is 2.24. The fraction of sp³-hybridized carbons (Fsp3) is 0.118. The van der Waals surface area contributed by atoms with Gasteiger partial charge in [0.15, 0.2) is 0 Å². The lowest BCUT2D eigenvalue weighted by molar-refractivity contribution is 0.576. The van der Waals surface area contributed by atoms with E-state index >= 15 is 0 Å². The van der Waals surface area contributed by atoms with Crippen molar-refractivity contribution < 1.29 is 8.78 Å². The van der Waals surface area contributed by atoms with E-state index in [1.165, 1.54) is 12.1 Å². The van der Waals surface area contributed by atoms with Crippen molar-refractivity contribution in [3.8, 4) is 0 Å². The molecule has 0 fully saturated rings. The SMILES string of the molecule is NC(Cc1cc(F)cc(F)c1)c1cccc2ncccc12. The summed E-state index contributed by atoms with van der Waals surface area (Å²) in [6, 6.07) is 12.6. The molecule has 3 aromatic rings. The molecule has 1 unspecified atom stereocenters. The Labute approximate surface area is 121 Å². The van der Waals surface area contributed by atoms with E-state index in [1.54, 1.807) is 6.20 Å². The average molecular weight is 284 g/mol. The molecular formula is C17H14F2N2. The monoisotopic (exact) mass is 284 g/mol. The van der Waals surface area contributed by atoms with Crippen molar-refractivity contribution in [2.24, 2.45) is 5.73 Å². The van der Waals surface area contributed by atoms with Gasteiger partial charge in [0.05, 0.1) is 5.52 Å². The van der Waals surface area contributed by atoms with Crippen molar-refractivity contribution in [3.63, 3.8) is 0 Å². The lowest BCUT2D eigenvalue weighted by Gasteiger charge is -2.14. The first-order valence-electron chi connectivity index (χ1n) is 6.67. The maximum Gasteiger partial charge on any atom is 0.126 e. The highest BCUT2D eigenvalue weighted by Gasteiger charge is 2.12. The molecule has 1 heterocycles. The Morgan fingerprint density at radius 2 is 1.76 bits per heavy atom. The third-order valence-electron chi connectivity index (χ3n) is 3.46. The van der Waals surface area contributed by atoms with Gasteiger partial charge in [-0.15, -0.1) is 0 Å². The van der Waals surface area contributed by atoms with E-state index in [4.69, 9.17) is 5.73 Å². The summed E-state index contributed by atoms with van der Waals surface area (Å²) in [7, 11) is 0. The zero-order valence-electron chi connectivity index (χ0n) is 11.3. The lowest BCUT2D eigenvalue weighted by atomic mass is 9.96. The Morgan fingerprint density at radius 3 is 2.52 bits per heavy atom. The van der Waals surface area contributed by atoms with Crippen molar-refractivity contribution in [1.29, 1.82) is 0 Å². The second-order valence-corrected chi connectivity index (χ2v) is 5.01. The Morgan fingerprint density at radius 1 is 1.00 bits per heavy atom. The van der Waals surface area contributed by atoms with Crippen molar-refractivity contribution in [3.05, 3.63) is 77.5 Å². The minimum atomic E-state index is -0.586. The highest BCUT2D eigenvalue weighted by atomic mass is 19.1. The fourth-order valence-corrected chi connectivity index (χ4v) is 2.54. The summed E-state index contributed by atoms with van der Waals surface area (Å²) in [5, 5.41) is 0.962. The molecule has 4 heteroatoms. The minimum absolute atomic E-state index is 0.348. The first kappa shape index (κ1) is 13.6. The van der Waals surface area contributed by atoms with Crippen LogP contribution in [0.1, 0.15) is 17.2 Å². The summed E-state index contributed by atoms with van der Waals surface area (Å²) in [6.07, 6.45) is 2.09. The van der Waals surface area contributed by atoms with Crippen LogP contribution in [0, 0.1) is 11.6 Å². The van der Waals surface area contributed by atoms with Crippen molar-refractivity contribution >= 4 is 10.9 Å². The van der Waals surface area contributed by atoms with E-state index in [1.807, 2.05) is 30.3 Å². The van der Waals surface area contributed by atoms with Crippen LogP contribution in [-0.2, 0) is 6.42 Å². The van der Waals surface area contributed by atoms with Crippen molar-refractivity contribution in [2.45, 2.75) is 12.5 Å². The van der Waals surface area contributed by atoms with Gasteiger partial charge < -0.3 is 5.73 Å². The van der Waals surface area contributed by atoms with E-state index in [-0.39, 0.29) is 6.04 Å². The average Bonchev–Trinajstić information content (AvgIpc) is 2.45. The van der Waals surface area contributed by atoms with Crippen LogP contribution in [-0.4, -0.2) is 4.98 Å². The number of benzene rings is 2. The van der Waals surface area contributed by atoms with Gasteiger partial charge in [-0.05, 0) is 41.8 Å². The zero-order chi connectivity index (χ0) is 14.8. The Bertz CT molecular complexity index is 761. The predicted octanol–water partition coefficient (Wildman–Crippen LogP) is 3.76. The molecule has 0 bridgehead atoms. The van der Waals surface area contributed by atoms with Crippen LogP contribution in [0.25, 0.3) is 10.9 Å². The Balaban J connectivity index is 1.95. The largest absolute Gasteiger partial charge is 0.324 e. The first-order chi connectivity index (χ1) is 10.1. The van der Waals surface area contributed by atoms with E-state index in [9.17, 15) is 8.78 Å². The first-order valence-corrected chi connectivity index (χ1v) is 6.67.